The lowest BCUT2D eigenvalue weighted by Gasteiger charge is -2.28. The summed E-state index contributed by atoms with van der Waals surface area (Å²) in [5.74, 6) is -0.270. The van der Waals surface area contributed by atoms with E-state index >= 15 is 0 Å². The molecule has 0 radical (unpaired) electrons. The number of hydrogen-bond donors (Lipinski definition) is 1. The maximum absolute atomic E-state index is 12.3. The SMILES string of the molecule is COc1ccc(C(=O)O[C@@H](C)C(=O)Nc2ccc(N3CCCCC3)cc2)cc1. The molecule has 0 aromatic heterocycles. The van der Waals surface area contributed by atoms with E-state index in [1.165, 1.54) is 19.3 Å². The van der Waals surface area contributed by atoms with Crippen molar-refractivity contribution in [2.45, 2.75) is 32.3 Å². The highest BCUT2D eigenvalue weighted by Crippen LogP contribution is 2.22. The highest BCUT2D eigenvalue weighted by atomic mass is 16.5. The molecule has 1 heterocycles. The van der Waals surface area contributed by atoms with Crippen LogP contribution in [0.25, 0.3) is 0 Å². The Kier molecular flexibility index (Phi) is 6.53. The van der Waals surface area contributed by atoms with E-state index in [0.29, 0.717) is 17.0 Å². The van der Waals surface area contributed by atoms with Crippen molar-refractivity contribution in [1.29, 1.82) is 0 Å². The number of carbonyl (C=O) groups is 2. The van der Waals surface area contributed by atoms with Crippen molar-refractivity contribution in [2.24, 2.45) is 0 Å². The van der Waals surface area contributed by atoms with Gasteiger partial charge in [-0.25, -0.2) is 4.79 Å². The Bertz CT molecular complexity index is 796. The molecular weight excluding hydrogens is 356 g/mol. The topological polar surface area (TPSA) is 67.9 Å². The summed E-state index contributed by atoms with van der Waals surface area (Å²) >= 11 is 0. The Balaban J connectivity index is 1.53. The fraction of sp³-hybridized carbons (Fsp3) is 0.364. The molecule has 1 atom stereocenters. The summed E-state index contributed by atoms with van der Waals surface area (Å²) in [4.78, 5) is 26.9. The quantitative estimate of drug-likeness (QED) is 0.768. The minimum Gasteiger partial charge on any atom is -0.497 e. The lowest BCUT2D eigenvalue weighted by molar-refractivity contribution is -0.123. The van der Waals surface area contributed by atoms with Crippen LogP contribution >= 0.6 is 0 Å². The van der Waals surface area contributed by atoms with Crippen LogP contribution in [0.2, 0.25) is 0 Å². The van der Waals surface area contributed by atoms with Crippen molar-refractivity contribution in [1.82, 2.24) is 0 Å². The molecule has 1 aliphatic rings. The molecule has 6 heteroatoms. The van der Waals surface area contributed by atoms with Crippen LogP contribution in [0.1, 0.15) is 36.5 Å². The third-order valence-corrected chi connectivity index (χ3v) is 4.83. The maximum Gasteiger partial charge on any atom is 0.338 e. The van der Waals surface area contributed by atoms with Crippen LogP contribution in [0.3, 0.4) is 0 Å². The molecule has 2 aromatic rings. The van der Waals surface area contributed by atoms with Crippen molar-refractivity contribution in [3.8, 4) is 5.75 Å². The van der Waals surface area contributed by atoms with E-state index in [9.17, 15) is 9.59 Å². The second kappa shape index (κ2) is 9.26. The molecule has 0 unspecified atom stereocenters. The van der Waals surface area contributed by atoms with Crippen LogP contribution in [0.15, 0.2) is 48.5 Å². The predicted octanol–water partition coefficient (Wildman–Crippen LogP) is 3.87. The minimum absolute atomic E-state index is 0.367. The molecular formula is C22H26N2O4. The summed E-state index contributed by atoms with van der Waals surface area (Å²) in [6, 6.07) is 14.3. The van der Waals surface area contributed by atoms with Gasteiger partial charge in [-0.05, 0) is 74.7 Å². The molecule has 0 saturated carbocycles. The summed E-state index contributed by atoms with van der Waals surface area (Å²) in [7, 11) is 1.55. The number of carbonyl (C=O) groups excluding carboxylic acids is 2. The van der Waals surface area contributed by atoms with Crippen LogP contribution in [-0.4, -0.2) is 38.2 Å². The van der Waals surface area contributed by atoms with E-state index in [1.807, 2.05) is 24.3 Å². The first kappa shape index (κ1) is 19.7. The fourth-order valence-corrected chi connectivity index (χ4v) is 3.16. The molecule has 148 valence electrons. The molecule has 1 aliphatic heterocycles. The van der Waals surface area contributed by atoms with Crippen molar-refractivity contribution >= 4 is 23.3 Å². The van der Waals surface area contributed by atoms with Gasteiger partial charge in [0.15, 0.2) is 6.10 Å². The first-order valence-corrected chi connectivity index (χ1v) is 9.58. The Hall–Kier alpha value is -3.02. The minimum atomic E-state index is -0.906. The number of nitrogens with zero attached hydrogens (tertiary/aromatic N) is 1. The largest absolute Gasteiger partial charge is 0.497 e. The number of esters is 1. The summed E-state index contributed by atoms with van der Waals surface area (Å²) < 4.78 is 10.3. The Morgan fingerprint density at radius 1 is 0.964 bits per heavy atom. The summed E-state index contributed by atoms with van der Waals surface area (Å²) in [5, 5.41) is 2.79. The first-order chi connectivity index (χ1) is 13.6. The van der Waals surface area contributed by atoms with Gasteiger partial charge < -0.3 is 19.7 Å². The maximum atomic E-state index is 12.3. The standard InChI is InChI=1S/C22H26N2O4/c1-16(28-22(26)17-6-12-20(27-2)13-7-17)21(25)23-18-8-10-19(11-9-18)24-14-4-3-5-15-24/h6-13,16H,3-5,14-15H2,1-2H3,(H,23,25)/t16-/m0/s1. The van der Waals surface area contributed by atoms with Gasteiger partial charge in [0.2, 0.25) is 0 Å². The smallest absolute Gasteiger partial charge is 0.338 e. The predicted molar refractivity (Wildman–Crippen MR) is 109 cm³/mol. The molecule has 6 nitrogen and oxygen atoms in total. The van der Waals surface area contributed by atoms with E-state index in [0.717, 1.165) is 18.8 Å². The molecule has 28 heavy (non-hydrogen) atoms. The first-order valence-electron chi connectivity index (χ1n) is 9.58. The fourth-order valence-electron chi connectivity index (χ4n) is 3.16. The van der Waals surface area contributed by atoms with Gasteiger partial charge in [0, 0.05) is 24.5 Å². The average Bonchev–Trinajstić information content (AvgIpc) is 2.75. The highest BCUT2D eigenvalue weighted by molar-refractivity contribution is 5.97. The van der Waals surface area contributed by atoms with Gasteiger partial charge in [0.25, 0.3) is 5.91 Å². The van der Waals surface area contributed by atoms with Crippen LogP contribution in [0.5, 0.6) is 5.75 Å². The number of benzene rings is 2. The van der Waals surface area contributed by atoms with E-state index in [-0.39, 0.29) is 5.91 Å². The molecule has 1 amide bonds. The van der Waals surface area contributed by atoms with E-state index in [2.05, 4.69) is 10.2 Å². The molecule has 1 saturated heterocycles. The summed E-state index contributed by atoms with van der Waals surface area (Å²) in [5.41, 5.74) is 2.21. The summed E-state index contributed by atoms with van der Waals surface area (Å²) in [6.07, 6.45) is 2.82. The molecule has 0 bridgehead atoms. The van der Waals surface area contributed by atoms with Crippen molar-refractivity contribution in [2.75, 3.05) is 30.4 Å². The van der Waals surface area contributed by atoms with Gasteiger partial charge >= 0.3 is 5.97 Å². The number of hydrogen-bond acceptors (Lipinski definition) is 5. The van der Waals surface area contributed by atoms with Gasteiger partial charge in [-0.3, -0.25) is 4.79 Å². The molecule has 3 rings (SSSR count). The number of rotatable bonds is 6. The Labute approximate surface area is 165 Å². The summed E-state index contributed by atoms with van der Waals surface area (Å²) in [6.45, 7) is 3.70. The second-order valence-electron chi connectivity index (χ2n) is 6.86. The monoisotopic (exact) mass is 382 g/mol. The van der Waals surface area contributed by atoms with Crippen molar-refractivity contribution in [3.63, 3.8) is 0 Å². The van der Waals surface area contributed by atoms with Crippen molar-refractivity contribution < 1.29 is 19.1 Å². The number of ether oxygens (including phenoxy) is 2. The van der Waals surface area contributed by atoms with Gasteiger partial charge in [0.1, 0.15) is 5.75 Å². The molecule has 0 spiro atoms. The van der Waals surface area contributed by atoms with E-state index < -0.39 is 12.1 Å². The van der Waals surface area contributed by atoms with E-state index in [4.69, 9.17) is 9.47 Å². The molecule has 1 fully saturated rings. The number of piperidine rings is 1. The number of amides is 1. The average molecular weight is 382 g/mol. The van der Waals surface area contributed by atoms with Gasteiger partial charge in [-0.1, -0.05) is 0 Å². The van der Waals surface area contributed by atoms with Gasteiger partial charge in [0.05, 0.1) is 12.7 Å². The van der Waals surface area contributed by atoms with Crippen molar-refractivity contribution in [3.05, 3.63) is 54.1 Å². The lowest BCUT2D eigenvalue weighted by atomic mass is 10.1. The highest BCUT2D eigenvalue weighted by Gasteiger charge is 2.19. The van der Waals surface area contributed by atoms with Crippen LogP contribution in [0.4, 0.5) is 11.4 Å². The number of nitrogens with one attached hydrogen (secondary N) is 1. The molecule has 1 N–H and O–H groups in total. The second-order valence-corrected chi connectivity index (χ2v) is 6.86. The zero-order chi connectivity index (χ0) is 19.9. The third kappa shape index (κ3) is 5.03. The lowest BCUT2D eigenvalue weighted by Crippen LogP contribution is -2.30. The Morgan fingerprint density at radius 3 is 2.21 bits per heavy atom. The number of methoxy groups -OCH3 is 1. The number of anilines is 2. The molecule has 0 aliphatic carbocycles. The van der Waals surface area contributed by atoms with Crippen LogP contribution in [0, 0.1) is 0 Å². The van der Waals surface area contributed by atoms with Gasteiger partial charge in [-0.15, -0.1) is 0 Å². The normalized spacial score (nSPS) is 14.9. The van der Waals surface area contributed by atoms with Crippen LogP contribution in [-0.2, 0) is 9.53 Å². The van der Waals surface area contributed by atoms with E-state index in [1.54, 1.807) is 38.3 Å². The Morgan fingerprint density at radius 2 is 1.61 bits per heavy atom. The molecule has 2 aromatic carbocycles. The van der Waals surface area contributed by atoms with Gasteiger partial charge in [-0.2, -0.15) is 0 Å². The third-order valence-electron chi connectivity index (χ3n) is 4.83. The zero-order valence-electron chi connectivity index (χ0n) is 16.3. The van der Waals surface area contributed by atoms with Crippen LogP contribution < -0.4 is 15.0 Å². The zero-order valence-corrected chi connectivity index (χ0v) is 16.3.